The number of aromatic carboxylic acids is 1. The Morgan fingerprint density at radius 3 is 2.43 bits per heavy atom. The van der Waals surface area contributed by atoms with Crippen LogP contribution in [0.2, 0.25) is 10.0 Å². The Hall–Kier alpha value is -1.30. The summed E-state index contributed by atoms with van der Waals surface area (Å²) in [6.07, 6.45) is 0. The van der Waals surface area contributed by atoms with E-state index in [4.69, 9.17) is 28.3 Å². The van der Waals surface area contributed by atoms with Gasteiger partial charge in [-0.05, 0) is 30.3 Å². The maximum atomic E-state index is 13.7. The van der Waals surface area contributed by atoms with Crippen molar-refractivity contribution in [2.75, 3.05) is 5.32 Å². The molecule has 0 fully saturated rings. The lowest BCUT2D eigenvalue weighted by Gasteiger charge is -2.12. The van der Waals surface area contributed by atoms with Gasteiger partial charge in [0.2, 0.25) is 0 Å². The molecular formula is C14H9BrCl2FNO2. The molecule has 2 aromatic rings. The first-order chi connectivity index (χ1) is 9.88. The molecule has 2 aromatic carbocycles. The van der Waals surface area contributed by atoms with Gasteiger partial charge < -0.3 is 10.4 Å². The van der Waals surface area contributed by atoms with Gasteiger partial charge in [0.1, 0.15) is 5.82 Å². The lowest BCUT2D eigenvalue weighted by molar-refractivity contribution is 0.0696. The van der Waals surface area contributed by atoms with Gasteiger partial charge in [0.15, 0.2) is 0 Å². The molecule has 0 saturated heterocycles. The number of benzene rings is 2. The van der Waals surface area contributed by atoms with Crippen LogP contribution >= 0.6 is 39.1 Å². The molecule has 0 aliphatic carbocycles. The van der Waals surface area contributed by atoms with Crippen LogP contribution in [-0.2, 0) is 6.54 Å². The Morgan fingerprint density at radius 1 is 1.24 bits per heavy atom. The van der Waals surface area contributed by atoms with E-state index in [0.717, 1.165) is 10.5 Å². The van der Waals surface area contributed by atoms with Crippen LogP contribution in [0.15, 0.2) is 34.8 Å². The van der Waals surface area contributed by atoms with E-state index in [1.54, 1.807) is 12.1 Å². The summed E-state index contributed by atoms with van der Waals surface area (Å²) in [5.41, 5.74) is 0.688. The van der Waals surface area contributed by atoms with Gasteiger partial charge >= 0.3 is 5.97 Å². The van der Waals surface area contributed by atoms with Crippen LogP contribution in [0.4, 0.5) is 10.1 Å². The first kappa shape index (κ1) is 16.1. The van der Waals surface area contributed by atoms with Crippen molar-refractivity contribution in [3.8, 4) is 0 Å². The molecule has 21 heavy (non-hydrogen) atoms. The van der Waals surface area contributed by atoms with Crippen LogP contribution in [0.3, 0.4) is 0 Å². The molecule has 7 heteroatoms. The Bertz CT molecular complexity index is 686. The predicted octanol–water partition coefficient (Wildman–Crippen LogP) is 5.21. The normalized spacial score (nSPS) is 10.5. The fraction of sp³-hybridized carbons (Fsp3) is 0.0714. The van der Waals surface area contributed by atoms with Crippen molar-refractivity contribution in [3.63, 3.8) is 0 Å². The first-order valence-corrected chi connectivity index (χ1v) is 7.33. The minimum Gasteiger partial charge on any atom is -0.478 e. The molecule has 0 aliphatic rings. The van der Waals surface area contributed by atoms with Crippen molar-refractivity contribution in [3.05, 3.63) is 61.8 Å². The molecule has 0 amide bonds. The average Bonchev–Trinajstić information content (AvgIpc) is 2.39. The molecule has 0 unspecified atom stereocenters. The van der Waals surface area contributed by atoms with Crippen molar-refractivity contribution in [2.45, 2.75) is 6.54 Å². The van der Waals surface area contributed by atoms with E-state index in [0.29, 0.717) is 15.7 Å². The third-order valence-corrected chi connectivity index (χ3v) is 3.81. The highest BCUT2D eigenvalue weighted by atomic mass is 79.9. The highest BCUT2D eigenvalue weighted by Crippen LogP contribution is 2.34. The molecule has 0 atom stereocenters. The highest BCUT2D eigenvalue weighted by Gasteiger charge is 2.11. The number of anilines is 1. The smallest absolute Gasteiger partial charge is 0.335 e. The van der Waals surface area contributed by atoms with Crippen molar-refractivity contribution >= 4 is 50.8 Å². The van der Waals surface area contributed by atoms with E-state index in [1.165, 1.54) is 12.1 Å². The number of hydrogen-bond donors (Lipinski definition) is 2. The summed E-state index contributed by atoms with van der Waals surface area (Å²) in [4.78, 5) is 10.9. The molecule has 0 aliphatic heterocycles. The van der Waals surface area contributed by atoms with Crippen molar-refractivity contribution < 1.29 is 14.3 Å². The van der Waals surface area contributed by atoms with Crippen LogP contribution in [-0.4, -0.2) is 11.1 Å². The quantitative estimate of drug-likeness (QED) is 0.751. The minimum atomic E-state index is -1.11. The van der Waals surface area contributed by atoms with E-state index in [2.05, 4.69) is 21.2 Å². The third-order valence-electron chi connectivity index (χ3n) is 2.76. The second-order valence-electron chi connectivity index (χ2n) is 4.21. The molecule has 0 spiro atoms. The summed E-state index contributed by atoms with van der Waals surface area (Å²) in [5, 5.41) is 12.6. The van der Waals surface area contributed by atoms with Crippen molar-refractivity contribution in [1.82, 2.24) is 0 Å². The van der Waals surface area contributed by atoms with Gasteiger partial charge in [-0.2, -0.15) is 0 Å². The van der Waals surface area contributed by atoms with E-state index < -0.39 is 11.8 Å². The zero-order valence-corrected chi connectivity index (χ0v) is 13.6. The summed E-state index contributed by atoms with van der Waals surface area (Å²) in [5.74, 6) is -1.62. The Balaban J connectivity index is 2.24. The van der Waals surface area contributed by atoms with Crippen molar-refractivity contribution in [1.29, 1.82) is 0 Å². The molecule has 3 nitrogen and oxygen atoms in total. The largest absolute Gasteiger partial charge is 0.478 e. The average molecular weight is 393 g/mol. The van der Waals surface area contributed by atoms with E-state index in [1.807, 2.05) is 0 Å². The molecule has 0 bridgehead atoms. The lowest BCUT2D eigenvalue weighted by atomic mass is 10.1. The van der Waals surface area contributed by atoms with Crippen LogP contribution in [0.25, 0.3) is 0 Å². The molecular weight excluding hydrogens is 384 g/mol. The van der Waals surface area contributed by atoms with Gasteiger partial charge in [0.25, 0.3) is 0 Å². The van der Waals surface area contributed by atoms with Gasteiger partial charge in [-0.1, -0.05) is 39.1 Å². The maximum absolute atomic E-state index is 13.7. The summed E-state index contributed by atoms with van der Waals surface area (Å²) < 4.78 is 14.4. The number of carbonyl (C=O) groups is 1. The summed E-state index contributed by atoms with van der Waals surface area (Å²) in [6.45, 7) is 0.0635. The zero-order chi connectivity index (χ0) is 15.6. The Labute approximate surface area is 138 Å². The number of carboxylic acids is 1. The van der Waals surface area contributed by atoms with Gasteiger partial charge in [-0.15, -0.1) is 0 Å². The van der Waals surface area contributed by atoms with Crippen LogP contribution < -0.4 is 5.32 Å². The molecule has 2 N–H and O–H groups in total. The van der Waals surface area contributed by atoms with Crippen LogP contribution in [0, 0.1) is 5.82 Å². The minimum absolute atomic E-state index is 0.0150. The van der Waals surface area contributed by atoms with Crippen molar-refractivity contribution in [2.24, 2.45) is 0 Å². The van der Waals surface area contributed by atoms with Crippen LogP contribution in [0.5, 0.6) is 0 Å². The second kappa shape index (κ2) is 6.64. The van der Waals surface area contributed by atoms with E-state index in [9.17, 15) is 9.18 Å². The Kier molecular flexibility index (Phi) is 5.08. The number of halogens is 4. The number of hydrogen-bond acceptors (Lipinski definition) is 2. The highest BCUT2D eigenvalue weighted by molar-refractivity contribution is 9.10. The molecule has 110 valence electrons. The summed E-state index contributed by atoms with van der Waals surface area (Å²) in [6, 6.07) is 6.90. The SMILES string of the molecule is O=C(O)c1ccc(F)c(CNc2c(Cl)cc(Br)cc2Cl)c1. The fourth-order valence-electron chi connectivity index (χ4n) is 1.74. The molecule has 0 aromatic heterocycles. The molecule has 0 saturated carbocycles. The topological polar surface area (TPSA) is 49.3 Å². The van der Waals surface area contributed by atoms with Gasteiger partial charge in [-0.25, -0.2) is 9.18 Å². The molecule has 0 heterocycles. The molecule has 2 rings (SSSR count). The maximum Gasteiger partial charge on any atom is 0.335 e. The number of carboxylic acid groups (broad SMARTS) is 1. The second-order valence-corrected chi connectivity index (χ2v) is 5.94. The third kappa shape index (κ3) is 3.87. The fourth-order valence-corrected chi connectivity index (χ4v) is 3.08. The summed E-state index contributed by atoms with van der Waals surface area (Å²) >= 11 is 15.4. The van der Waals surface area contributed by atoms with Gasteiger partial charge in [0.05, 0.1) is 21.3 Å². The monoisotopic (exact) mass is 391 g/mol. The number of rotatable bonds is 4. The van der Waals surface area contributed by atoms with E-state index in [-0.39, 0.29) is 17.7 Å². The Morgan fingerprint density at radius 2 is 1.86 bits per heavy atom. The number of nitrogens with one attached hydrogen (secondary N) is 1. The lowest BCUT2D eigenvalue weighted by Crippen LogP contribution is -2.05. The van der Waals surface area contributed by atoms with Crippen LogP contribution in [0.1, 0.15) is 15.9 Å². The first-order valence-electron chi connectivity index (χ1n) is 5.78. The van der Waals surface area contributed by atoms with Gasteiger partial charge in [-0.3, -0.25) is 0 Å². The van der Waals surface area contributed by atoms with E-state index >= 15 is 0 Å². The predicted molar refractivity (Wildman–Crippen MR) is 84.8 cm³/mol. The van der Waals surface area contributed by atoms with Gasteiger partial charge in [0, 0.05) is 16.6 Å². The zero-order valence-electron chi connectivity index (χ0n) is 10.5. The summed E-state index contributed by atoms with van der Waals surface area (Å²) in [7, 11) is 0. The standard InChI is InChI=1S/C14H9BrCl2FNO2/c15-9-4-10(16)13(11(17)5-9)19-6-8-3-7(14(20)21)1-2-12(8)18/h1-5,19H,6H2,(H,20,21). The molecule has 0 radical (unpaired) electrons.